The van der Waals surface area contributed by atoms with Gasteiger partial charge in [0.1, 0.15) is 68.4 Å². The van der Waals surface area contributed by atoms with E-state index in [-0.39, 0.29) is 73.6 Å². The van der Waals surface area contributed by atoms with Crippen LogP contribution in [0.3, 0.4) is 0 Å². The van der Waals surface area contributed by atoms with Crippen molar-refractivity contribution < 1.29 is 88.0 Å². The van der Waals surface area contributed by atoms with Crippen LogP contribution in [0.1, 0.15) is 113 Å². The third-order valence-corrected chi connectivity index (χ3v) is 15.3. The van der Waals surface area contributed by atoms with Gasteiger partial charge in [-0.2, -0.15) is 0 Å². The van der Waals surface area contributed by atoms with Gasteiger partial charge in [0.2, 0.25) is 41.4 Å². The number of ether oxygens (including phenoxy) is 2. The van der Waals surface area contributed by atoms with Gasteiger partial charge in [-0.25, -0.2) is 14.2 Å². The number of amides is 7. The average Bonchev–Trinajstić information content (AvgIpc) is 1.61. The molecule has 7 amide bonds. The van der Waals surface area contributed by atoms with Crippen LogP contribution in [-0.2, 0) is 79.5 Å². The van der Waals surface area contributed by atoms with E-state index in [1.165, 1.54) is 34.6 Å². The molecule has 13 N–H and O–H groups in total. The second-order valence-electron chi connectivity index (χ2n) is 21.4. The van der Waals surface area contributed by atoms with E-state index in [0.717, 1.165) is 5.56 Å². The minimum absolute atomic E-state index is 0.0449. The number of nitrogens with zero attached hydrogens (tertiary/aromatic N) is 3. The molecule has 27 nitrogen and oxygen atoms in total. The van der Waals surface area contributed by atoms with Crippen LogP contribution in [0, 0.1) is 18.7 Å². The molecule has 0 saturated carbocycles. The number of hydrogen-bond acceptors (Lipinski definition) is 19. The smallest absolute Gasteiger partial charge is 0.343 e. The van der Waals surface area contributed by atoms with Gasteiger partial charge in [0, 0.05) is 61.1 Å². The summed E-state index contributed by atoms with van der Waals surface area (Å²) < 4.78 is 27.7. The summed E-state index contributed by atoms with van der Waals surface area (Å²) >= 11 is 0. The molecule has 3 aromatic rings. The third kappa shape index (κ3) is 15.1. The molecule has 0 fully saturated rings. The van der Waals surface area contributed by atoms with Gasteiger partial charge in [-0.3, -0.25) is 38.4 Å². The zero-order chi connectivity index (χ0) is 61.9. The summed E-state index contributed by atoms with van der Waals surface area (Å²) in [4.78, 5) is 124. The molecule has 1 unspecified atom stereocenters. The van der Waals surface area contributed by atoms with Crippen LogP contribution in [0.4, 0.5) is 4.39 Å². The zero-order valence-corrected chi connectivity index (χ0v) is 47.7. The lowest BCUT2D eigenvalue weighted by atomic mass is 9.86. The second-order valence-corrected chi connectivity index (χ2v) is 21.4. The van der Waals surface area contributed by atoms with Gasteiger partial charge in [0.05, 0.1) is 41.7 Å². The van der Waals surface area contributed by atoms with E-state index < -0.39 is 146 Å². The molecule has 460 valence electrons. The monoisotopic (exact) mass is 1180 g/mol. The maximum atomic E-state index is 15.7. The highest BCUT2D eigenvalue weighted by molar-refractivity contribution is 5.95. The Balaban J connectivity index is 1.02. The number of aliphatic hydroxyl groups excluding tert-OH is 6. The van der Waals surface area contributed by atoms with E-state index in [1.54, 1.807) is 33.8 Å². The van der Waals surface area contributed by atoms with Gasteiger partial charge in [0.25, 0.3) is 5.56 Å². The maximum absolute atomic E-state index is 15.7. The fourth-order valence-corrected chi connectivity index (χ4v) is 10.2. The highest BCUT2D eigenvalue weighted by atomic mass is 19.1. The Morgan fingerprint density at radius 1 is 0.857 bits per heavy atom. The van der Waals surface area contributed by atoms with Gasteiger partial charge in [-0.15, -0.1) is 0 Å². The highest BCUT2D eigenvalue weighted by Gasteiger charge is 2.46. The number of fused-ring (bicyclic) bond motifs is 5. The Hall–Kier alpha value is -7.31. The van der Waals surface area contributed by atoms with E-state index >= 15 is 4.39 Å². The van der Waals surface area contributed by atoms with Gasteiger partial charge in [-0.1, -0.05) is 34.1 Å². The number of pyridine rings is 2. The van der Waals surface area contributed by atoms with Gasteiger partial charge in [-0.05, 0) is 80.7 Å². The van der Waals surface area contributed by atoms with Crippen molar-refractivity contribution >= 4 is 58.2 Å². The lowest BCUT2D eigenvalue weighted by molar-refractivity contribution is -0.172. The van der Waals surface area contributed by atoms with Crippen LogP contribution < -0.4 is 37.5 Å². The topological polar surface area (TPSA) is 407 Å². The van der Waals surface area contributed by atoms with E-state index in [1.807, 2.05) is 6.92 Å². The molecule has 0 radical (unpaired) electrons. The Bertz CT molecular complexity index is 3080. The highest BCUT2D eigenvalue weighted by Crippen LogP contribution is 2.41. The number of benzene rings is 1. The van der Waals surface area contributed by atoms with Crippen molar-refractivity contribution in [3.8, 4) is 11.4 Å². The largest absolute Gasteiger partial charge is 0.458 e. The Morgan fingerprint density at radius 3 is 2.23 bits per heavy atom. The molecule has 6 rings (SSSR count). The molecule has 2 aromatic heterocycles. The van der Waals surface area contributed by atoms with Crippen LogP contribution >= 0.6 is 0 Å². The Labute approximate surface area is 482 Å². The molecule has 28 heteroatoms. The molecule has 0 saturated heterocycles. The van der Waals surface area contributed by atoms with Crippen molar-refractivity contribution in [2.75, 3.05) is 33.0 Å². The lowest BCUT2D eigenvalue weighted by Gasteiger charge is -2.31. The SMILES string of the molecule is CCc1c2c(nc3cc(F)c(C)c(CNC(=O)COCNC(=O)[C@H](C)NC(=O)[C@@H](NC(=O)[C@H](CCC(=O)NC[C@H](O)[C@@H](O)[C@H](O)[C@H](O)CO)NC(=O)CCCCCN4C(=O)C=CC4O)C(C)C)c13)-c1cc3c(c(=O)n1C2)COC(=O)[C@]3(O)CC. The predicted octanol–water partition coefficient (Wildman–Crippen LogP) is -2.46. The van der Waals surface area contributed by atoms with Crippen molar-refractivity contribution in [2.45, 2.75) is 167 Å². The van der Waals surface area contributed by atoms with Crippen molar-refractivity contribution in [1.82, 2.24) is 46.4 Å². The quantitative estimate of drug-likeness (QED) is 0.0146. The molecule has 0 aliphatic carbocycles. The number of aromatic nitrogens is 2. The van der Waals surface area contributed by atoms with Crippen molar-refractivity contribution in [1.29, 1.82) is 0 Å². The van der Waals surface area contributed by atoms with Crippen molar-refractivity contribution in [2.24, 2.45) is 5.92 Å². The molecule has 5 heterocycles. The minimum Gasteiger partial charge on any atom is -0.458 e. The van der Waals surface area contributed by atoms with Gasteiger partial charge in [0.15, 0.2) is 5.60 Å². The van der Waals surface area contributed by atoms with Crippen LogP contribution in [-0.4, -0.2) is 179 Å². The fourth-order valence-electron chi connectivity index (χ4n) is 10.2. The number of esters is 1. The summed E-state index contributed by atoms with van der Waals surface area (Å²) in [7, 11) is 0. The summed E-state index contributed by atoms with van der Waals surface area (Å²) in [6.07, 6.45) is -5.16. The first-order valence-corrected chi connectivity index (χ1v) is 27.9. The molecule has 0 spiro atoms. The number of aryl methyl sites for hydroxylation is 1. The van der Waals surface area contributed by atoms with E-state index in [9.17, 15) is 73.8 Å². The molecular weight excluding hydrogens is 1110 g/mol. The number of carbonyl (C=O) groups is 8. The molecular formula is C56H76FN9O18. The van der Waals surface area contributed by atoms with Crippen molar-refractivity contribution in [3.05, 3.63) is 73.8 Å². The second kappa shape index (κ2) is 29.0. The number of carbonyl (C=O) groups excluding carboxylic acids is 8. The molecule has 3 aliphatic rings. The van der Waals surface area contributed by atoms with Gasteiger partial charge >= 0.3 is 5.97 Å². The van der Waals surface area contributed by atoms with E-state index in [4.69, 9.17) is 19.6 Å². The molecule has 9 atom stereocenters. The number of rotatable bonds is 30. The summed E-state index contributed by atoms with van der Waals surface area (Å²) in [5, 5.41) is 85.9. The van der Waals surface area contributed by atoms with Crippen LogP contribution in [0.2, 0.25) is 0 Å². The number of halogens is 1. The first-order valence-electron chi connectivity index (χ1n) is 27.9. The molecule has 3 aliphatic heterocycles. The zero-order valence-electron chi connectivity index (χ0n) is 47.7. The molecule has 84 heavy (non-hydrogen) atoms. The minimum atomic E-state index is -2.04. The number of unbranched alkanes of at least 4 members (excludes halogenated alkanes) is 2. The number of nitrogens with one attached hydrogen (secondary N) is 6. The average molecular weight is 1180 g/mol. The number of aliphatic hydroxyl groups is 7. The van der Waals surface area contributed by atoms with Crippen LogP contribution in [0.15, 0.2) is 29.1 Å². The molecule has 0 bridgehead atoms. The lowest BCUT2D eigenvalue weighted by Crippen LogP contribution is -2.58. The summed E-state index contributed by atoms with van der Waals surface area (Å²) in [6, 6.07) is -1.09. The number of hydrogen-bond donors (Lipinski definition) is 13. The number of cyclic esters (lactones) is 1. The van der Waals surface area contributed by atoms with Crippen LogP contribution in [0.5, 0.6) is 0 Å². The summed E-state index contributed by atoms with van der Waals surface area (Å²) in [5.41, 5.74) is 0.887. The normalized spacial score (nSPS) is 18.6. The van der Waals surface area contributed by atoms with E-state index in [2.05, 4.69) is 31.9 Å². The first kappa shape index (κ1) is 65.8. The molecule has 1 aromatic carbocycles. The van der Waals surface area contributed by atoms with E-state index in [0.29, 0.717) is 53.6 Å². The van der Waals surface area contributed by atoms with Gasteiger partial charge < -0.3 is 86.6 Å². The summed E-state index contributed by atoms with van der Waals surface area (Å²) in [5.74, 6) is -6.84. The third-order valence-electron chi connectivity index (χ3n) is 15.3. The Morgan fingerprint density at radius 2 is 1.57 bits per heavy atom. The maximum Gasteiger partial charge on any atom is 0.343 e. The Kier molecular flexibility index (Phi) is 22.7. The fraction of sp³-hybridized carbons (Fsp3) is 0.571. The predicted molar refractivity (Wildman–Crippen MR) is 294 cm³/mol. The van der Waals surface area contributed by atoms with Crippen molar-refractivity contribution in [3.63, 3.8) is 0 Å². The van der Waals surface area contributed by atoms with Crippen LogP contribution in [0.25, 0.3) is 22.3 Å². The first-order chi connectivity index (χ1) is 39.8. The standard InChI is InChI=1S/C56H76FN9O18/c1-7-30-32-22-66-38(18-34-33(54(66)80)24-84-55(81)56(34,82)8-2)48(32)63-37-19-35(57)28(5)31(46(30)37)20-58-43(72)25-83-26-60-51(77)29(6)61-53(79)47(27(3)4)64-52(78)36(13-14-41(70)59-21-39(68)49(75)50(76)40(69)23-67)62-42(71)12-10-9-11-17-65-44(73)15-16-45(65)74/h15-16,18-19,27,29,36,39-40,44,47,49-50,67-69,73,75-76,82H,7-14,17,20-26H2,1-6H3,(H,58,72)(H,59,70)(H,60,77)(H,61,79)(H,62,71)(H,64,78)/t29-,36-,39-,40+,44?,47-,49+,50+,56-/m0/s1. The summed E-state index contributed by atoms with van der Waals surface area (Å²) in [6.45, 7) is 6.88.